The zero-order valence-electron chi connectivity index (χ0n) is 14.0. The molecular weight excluding hydrogens is 290 g/mol. The van der Waals surface area contributed by atoms with Gasteiger partial charge in [-0.15, -0.1) is 0 Å². The van der Waals surface area contributed by atoms with Crippen LogP contribution in [0.4, 0.5) is 0 Å². The second-order valence-electron chi connectivity index (χ2n) is 8.13. The number of benzene rings is 1. The Hall–Kier alpha value is -1.52. The third-order valence-corrected chi connectivity index (χ3v) is 6.91. The van der Waals surface area contributed by atoms with E-state index >= 15 is 0 Å². The van der Waals surface area contributed by atoms with E-state index in [0.29, 0.717) is 12.0 Å². The van der Waals surface area contributed by atoms with Gasteiger partial charge in [0.25, 0.3) is 0 Å². The van der Waals surface area contributed by atoms with Crippen LogP contribution in [0.3, 0.4) is 0 Å². The maximum atomic E-state index is 10.6. The van der Waals surface area contributed by atoms with Crippen LogP contribution in [0.25, 0.3) is 0 Å². The van der Waals surface area contributed by atoms with E-state index in [-0.39, 0.29) is 11.5 Å². The summed E-state index contributed by atoms with van der Waals surface area (Å²) in [5.41, 5.74) is 2.63. The minimum Gasteiger partial charge on any atom is -0.493 e. The summed E-state index contributed by atoms with van der Waals surface area (Å²) in [6, 6.07) is 4.79. The van der Waals surface area contributed by atoms with Gasteiger partial charge in [-0.05, 0) is 11.6 Å². The van der Waals surface area contributed by atoms with Crippen LogP contribution in [-0.4, -0.2) is 55.6 Å². The van der Waals surface area contributed by atoms with Gasteiger partial charge < -0.3 is 19.1 Å². The predicted molar refractivity (Wildman–Crippen MR) is 86.8 cm³/mol. The number of hydrogen-bond acceptors (Lipinski definition) is 3. The van der Waals surface area contributed by atoms with Gasteiger partial charge in [-0.1, -0.05) is 18.2 Å². The molecule has 0 unspecified atom stereocenters. The fraction of sp³-hybridized carbons (Fsp3) is 0.579. The Morgan fingerprint density at radius 3 is 2.91 bits per heavy atom. The third-order valence-electron chi connectivity index (χ3n) is 6.91. The van der Waals surface area contributed by atoms with Gasteiger partial charge in [0.15, 0.2) is 11.5 Å². The van der Waals surface area contributed by atoms with Crippen molar-refractivity contribution in [3.05, 3.63) is 35.4 Å². The molecule has 1 fully saturated rings. The normalized spacial score (nSPS) is 41.2. The van der Waals surface area contributed by atoms with Crippen LogP contribution in [0.2, 0.25) is 0 Å². The first-order valence-corrected chi connectivity index (χ1v) is 8.55. The van der Waals surface area contributed by atoms with Crippen molar-refractivity contribution in [3.8, 4) is 11.5 Å². The van der Waals surface area contributed by atoms with Crippen molar-refractivity contribution in [1.29, 1.82) is 0 Å². The summed E-state index contributed by atoms with van der Waals surface area (Å²) in [7, 11) is 6.38. The summed E-state index contributed by atoms with van der Waals surface area (Å²) in [4.78, 5) is 0. The zero-order valence-corrected chi connectivity index (χ0v) is 14.0. The number of ether oxygens (including phenoxy) is 2. The van der Waals surface area contributed by atoms with Gasteiger partial charge in [-0.3, -0.25) is 0 Å². The second kappa shape index (κ2) is 4.11. The van der Waals surface area contributed by atoms with Crippen molar-refractivity contribution >= 4 is 0 Å². The molecule has 0 radical (unpaired) electrons. The van der Waals surface area contributed by atoms with Crippen LogP contribution in [0, 0.1) is 5.92 Å². The van der Waals surface area contributed by atoms with Crippen molar-refractivity contribution in [2.75, 3.05) is 27.7 Å². The highest BCUT2D eigenvalue weighted by Gasteiger charge is 2.67. The number of piperidine rings is 1. The van der Waals surface area contributed by atoms with Gasteiger partial charge in [0, 0.05) is 24.3 Å². The van der Waals surface area contributed by atoms with Crippen LogP contribution in [0.15, 0.2) is 24.3 Å². The lowest BCUT2D eigenvalue weighted by Gasteiger charge is -2.58. The van der Waals surface area contributed by atoms with Gasteiger partial charge in [0.05, 0.1) is 33.2 Å². The van der Waals surface area contributed by atoms with Crippen LogP contribution in [0.1, 0.15) is 17.5 Å². The molecule has 5 rings (SSSR count). The standard InChI is InChI=1S/C19H24NO3/c1-20(2)9-8-19-12-5-6-14(21)18(19)23-17-15(22-3)7-4-11(16(17)19)10-13(12)20/h4-7,12-14,18,21H,8-10H2,1-3H3/q+1/t12-,13+,14-,18+,19-/m1/s1. The SMILES string of the molecule is COc1ccc2c3c1O[C@H]1[C@H](O)C=C[C@@H]4[C@H](C2)[N+](C)(C)CC[C@]341. The average molecular weight is 314 g/mol. The predicted octanol–water partition coefficient (Wildman–Crippen LogP) is 1.65. The molecular formula is C19H24NO3+. The topological polar surface area (TPSA) is 38.7 Å². The van der Waals surface area contributed by atoms with Gasteiger partial charge in [-0.25, -0.2) is 0 Å². The number of hydrogen-bond donors (Lipinski definition) is 1. The molecule has 1 aromatic carbocycles. The first-order chi connectivity index (χ1) is 11.0. The first-order valence-electron chi connectivity index (χ1n) is 8.55. The number of nitrogens with zero attached hydrogens (tertiary/aromatic N) is 1. The van der Waals surface area contributed by atoms with Crippen molar-refractivity contribution < 1.29 is 19.1 Å². The smallest absolute Gasteiger partial charge is 0.165 e. The maximum absolute atomic E-state index is 10.6. The monoisotopic (exact) mass is 314 g/mol. The summed E-state index contributed by atoms with van der Waals surface area (Å²) in [6.45, 7) is 1.12. The molecule has 23 heavy (non-hydrogen) atoms. The fourth-order valence-electron chi connectivity index (χ4n) is 5.75. The summed E-state index contributed by atoms with van der Waals surface area (Å²) >= 11 is 0. The van der Waals surface area contributed by atoms with Crippen molar-refractivity contribution in [1.82, 2.24) is 0 Å². The van der Waals surface area contributed by atoms with Crippen LogP contribution < -0.4 is 9.47 Å². The van der Waals surface area contributed by atoms with E-state index in [4.69, 9.17) is 9.47 Å². The lowest BCUT2D eigenvalue weighted by atomic mass is 9.53. The molecule has 1 aromatic rings. The largest absolute Gasteiger partial charge is 0.493 e. The lowest BCUT2D eigenvalue weighted by Crippen LogP contribution is -2.70. The Morgan fingerprint density at radius 1 is 1.30 bits per heavy atom. The van der Waals surface area contributed by atoms with Crippen molar-refractivity contribution in [2.24, 2.45) is 5.92 Å². The summed E-state index contributed by atoms with van der Waals surface area (Å²) < 4.78 is 12.9. The summed E-state index contributed by atoms with van der Waals surface area (Å²) in [5.74, 6) is 2.12. The number of likely N-dealkylation sites (tertiary alicyclic amines) is 1. The molecule has 1 spiro atoms. The Bertz CT molecular complexity index is 726. The minimum atomic E-state index is -0.538. The van der Waals surface area contributed by atoms with Crippen LogP contribution in [-0.2, 0) is 11.8 Å². The molecule has 0 amide bonds. The van der Waals surface area contributed by atoms with E-state index in [9.17, 15) is 5.11 Å². The number of methoxy groups -OCH3 is 1. The molecule has 4 nitrogen and oxygen atoms in total. The third kappa shape index (κ3) is 1.45. The second-order valence-corrected chi connectivity index (χ2v) is 8.13. The number of aliphatic hydroxyl groups excluding tert-OH is 1. The van der Waals surface area contributed by atoms with E-state index in [1.54, 1.807) is 7.11 Å². The molecule has 1 saturated heterocycles. The molecule has 2 bridgehead atoms. The lowest BCUT2D eigenvalue weighted by molar-refractivity contribution is -0.926. The Morgan fingerprint density at radius 2 is 2.13 bits per heavy atom. The molecule has 4 aliphatic rings. The van der Waals surface area contributed by atoms with E-state index in [0.717, 1.165) is 35.4 Å². The van der Waals surface area contributed by atoms with Gasteiger partial charge >= 0.3 is 0 Å². The zero-order chi connectivity index (χ0) is 16.0. The highest BCUT2D eigenvalue weighted by atomic mass is 16.5. The quantitative estimate of drug-likeness (QED) is 0.633. The molecule has 2 heterocycles. The fourth-order valence-corrected chi connectivity index (χ4v) is 5.75. The number of likely N-dealkylation sites (N-methyl/N-ethyl adjacent to an activating group) is 1. The van der Waals surface area contributed by atoms with E-state index in [2.05, 4.69) is 26.2 Å². The van der Waals surface area contributed by atoms with Crippen LogP contribution >= 0.6 is 0 Å². The van der Waals surface area contributed by atoms with Gasteiger partial charge in [-0.2, -0.15) is 0 Å². The maximum Gasteiger partial charge on any atom is 0.165 e. The average Bonchev–Trinajstić information content (AvgIpc) is 2.88. The number of rotatable bonds is 1. The highest BCUT2D eigenvalue weighted by molar-refractivity contribution is 5.61. The van der Waals surface area contributed by atoms with Gasteiger partial charge in [0.2, 0.25) is 0 Å². The Balaban J connectivity index is 1.82. The van der Waals surface area contributed by atoms with Gasteiger partial charge in [0.1, 0.15) is 18.2 Å². The molecule has 122 valence electrons. The molecule has 1 N–H and O–H groups in total. The molecule has 0 aromatic heterocycles. The summed E-state index contributed by atoms with van der Waals surface area (Å²) in [6.07, 6.45) is 5.64. The summed E-state index contributed by atoms with van der Waals surface area (Å²) in [5, 5.41) is 10.6. The van der Waals surface area contributed by atoms with E-state index < -0.39 is 6.10 Å². The highest BCUT2D eigenvalue weighted by Crippen LogP contribution is 2.63. The molecule has 2 aliphatic heterocycles. The molecule has 0 saturated carbocycles. The molecule has 2 aliphatic carbocycles. The number of aliphatic hydroxyl groups is 1. The molecule has 4 heteroatoms. The first kappa shape index (κ1) is 13.9. The van der Waals surface area contributed by atoms with E-state index in [1.165, 1.54) is 11.1 Å². The van der Waals surface area contributed by atoms with Crippen molar-refractivity contribution in [2.45, 2.75) is 36.5 Å². The van der Waals surface area contributed by atoms with Crippen molar-refractivity contribution in [3.63, 3.8) is 0 Å². The van der Waals surface area contributed by atoms with Crippen LogP contribution in [0.5, 0.6) is 11.5 Å². The number of quaternary nitrogens is 1. The molecule has 5 atom stereocenters. The Labute approximate surface area is 136 Å². The van der Waals surface area contributed by atoms with E-state index in [1.807, 2.05) is 12.1 Å². The Kier molecular flexibility index (Phi) is 2.48. The minimum absolute atomic E-state index is 0.0793.